The van der Waals surface area contributed by atoms with Crippen LogP contribution in [0.15, 0.2) is 83.9 Å². The van der Waals surface area contributed by atoms with Crippen molar-refractivity contribution in [3.05, 3.63) is 95.0 Å². The van der Waals surface area contributed by atoms with Crippen LogP contribution in [-0.4, -0.2) is 20.7 Å². The van der Waals surface area contributed by atoms with Gasteiger partial charge in [0.2, 0.25) is 5.91 Å². The second-order valence-corrected chi connectivity index (χ2v) is 6.38. The molecule has 0 aliphatic rings. The second kappa shape index (κ2) is 7.84. The Balaban J connectivity index is 1.57. The third kappa shape index (κ3) is 3.81. The number of amides is 1. The van der Waals surface area contributed by atoms with Gasteiger partial charge in [0.05, 0.1) is 5.69 Å². The lowest BCUT2D eigenvalue weighted by Gasteiger charge is -2.10. The van der Waals surface area contributed by atoms with Crippen LogP contribution in [-0.2, 0) is 17.9 Å². The summed E-state index contributed by atoms with van der Waals surface area (Å²) in [6.45, 7) is 0.210. The van der Waals surface area contributed by atoms with Gasteiger partial charge in [-0.1, -0.05) is 48.5 Å². The van der Waals surface area contributed by atoms with Gasteiger partial charge in [-0.25, -0.2) is 4.68 Å². The summed E-state index contributed by atoms with van der Waals surface area (Å²) in [7, 11) is 0. The first kappa shape index (κ1) is 17.6. The van der Waals surface area contributed by atoms with Crippen LogP contribution in [0, 0.1) is 0 Å². The van der Waals surface area contributed by atoms with E-state index in [1.807, 2.05) is 48.5 Å². The maximum atomic E-state index is 12.3. The summed E-state index contributed by atoms with van der Waals surface area (Å²) in [6.07, 6.45) is 3.36. The molecule has 4 aromatic rings. The Morgan fingerprint density at radius 3 is 2.68 bits per heavy atom. The van der Waals surface area contributed by atoms with Gasteiger partial charge in [0, 0.05) is 30.6 Å². The molecule has 0 aliphatic carbocycles. The number of carbonyl (C=O) groups is 1. The summed E-state index contributed by atoms with van der Waals surface area (Å²) in [5.41, 5.74) is 2.14. The largest absolute Gasteiger partial charge is 0.350 e. The van der Waals surface area contributed by atoms with Gasteiger partial charge in [0.25, 0.3) is 5.56 Å². The monoisotopic (exact) mass is 370 g/mol. The predicted octanol–water partition coefficient (Wildman–Crippen LogP) is 2.77. The number of pyridine rings is 1. The molecule has 2 aromatic heterocycles. The predicted molar refractivity (Wildman–Crippen MR) is 108 cm³/mol. The van der Waals surface area contributed by atoms with Gasteiger partial charge in [-0.15, -0.1) is 0 Å². The SMILES string of the molecule is O=C(Cn1nc(-c2cccc3ccccc23)ccc1=O)NCc1cccnc1. The average molecular weight is 370 g/mol. The molecule has 2 heterocycles. The van der Waals surface area contributed by atoms with Crippen molar-refractivity contribution in [1.82, 2.24) is 20.1 Å². The van der Waals surface area contributed by atoms with Crippen LogP contribution in [0.5, 0.6) is 0 Å². The summed E-state index contributed by atoms with van der Waals surface area (Å²) in [4.78, 5) is 28.5. The molecule has 0 saturated heterocycles. The first-order valence-corrected chi connectivity index (χ1v) is 8.92. The summed E-state index contributed by atoms with van der Waals surface area (Å²) in [6, 6.07) is 20.7. The van der Waals surface area contributed by atoms with Gasteiger partial charge in [-0.3, -0.25) is 14.6 Å². The molecule has 0 aliphatic heterocycles. The van der Waals surface area contributed by atoms with E-state index in [0.717, 1.165) is 21.9 Å². The number of hydrogen-bond acceptors (Lipinski definition) is 4. The molecule has 4 rings (SSSR count). The first-order chi connectivity index (χ1) is 13.7. The van der Waals surface area contributed by atoms with Gasteiger partial charge in [-0.05, 0) is 28.5 Å². The molecule has 1 N–H and O–H groups in total. The van der Waals surface area contributed by atoms with Crippen LogP contribution in [0.4, 0.5) is 0 Å². The van der Waals surface area contributed by atoms with E-state index in [9.17, 15) is 9.59 Å². The molecule has 0 spiro atoms. The van der Waals surface area contributed by atoms with E-state index in [1.165, 1.54) is 10.7 Å². The molecule has 0 fully saturated rings. The van der Waals surface area contributed by atoms with E-state index in [4.69, 9.17) is 0 Å². The number of nitrogens with one attached hydrogen (secondary N) is 1. The highest BCUT2D eigenvalue weighted by atomic mass is 16.2. The fraction of sp³-hybridized carbons (Fsp3) is 0.0909. The van der Waals surface area contributed by atoms with Crippen molar-refractivity contribution in [3.63, 3.8) is 0 Å². The summed E-state index contributed by atoms with van der Waals surface area (Å²) < 4.78 is 1.19. The molecule has 6 nitrogen and oxygen atoms in total. The number of fused-ring (bicyclic) bond motifs is 1. The second-order valence-electron chi connectivity index (χ2n) is 6.38. The minimum atomic E-state index is -0.319. The molecule has 0 atom stereocenters. The third-order valence-electron chi connectivity index (χ3n) is 4.44. The molecule has 0 radical (unpaired) electrons. The number of carbonyl (C=O) groups excluding carboxylic acids is 1. The van der Waals surface area contributed by atoms with Gasteiger partial charge < -0.3 is 5.32 Å². The average Bonchev–Trinajstić information content (AvgIpc) is 2.74. The normalized spacial score (nSPS) is 10.7. The lowest BCUT2D eigenvalue weighted by atomic mass is 10.0. The van der Waals surface area contributed by atoms with Gasteiger partial charge in [-0.2, -0.15) is 5.10 Å². The molecule has 0 bridgehead atoms. The van der Waals surface area contributed by atoms with Crippen LogP contribution in [0.2, 0.25) is 0 Å². The molecular weight excluding hydrogens is 352 g/mol. The van der Waals surface area contributed by atoms with Crippen LogP contribution < -0.4 is 10.9 Å². The van der Waals surface area contributed by atoms with Gasteiger partial charge >= 0.3 is 0 Å². The maximum Gasteiger partial charge on any atom is 0.267 e. The van der Waals surface area contributed by atoms with Gasteiger partial charge in [0.1, 0.15) is 6.54 Å². The number of hydrogen-bond donors (Lipinski definition) is 1. The van der Waals surface area contributed by atoms with E-state index in [-0.39, 0.29) is 18.0 Å². The van der Waals surface area contributed by atoms with Crippen molar-refractivity contribution in [2.75, 3.05) is 0 Å². The lowest BCUT2D eigenvalue weighted by molar-refractivity contribution is -0.122. The maximum absolute atomic E-state index is 12.3. The molecule has 138 valence electrons. The third-order valence-corrected chi connectivity index (χ3v) is 4.44. The highest BCUT2D eigenvalue weighted by Gasteiger charge is 2.10. The van der Waals surface area contributed by atoms with Gasteiger partial charge in [0.15, 0.2) is 0 Å². The van der Waals surface area contributed by atoms with E-state index >= 15 is 0 Å². The van der Waals surface area contributed by atoms with E-state index in [0.29, 0.717) is 12.2 Å². The fourth-order valence-electron chi connectivity index (χ4n) is 3.05. The molecule has 1 amide bonds. The lowest BCUT2D eigenvalue weighted by Crippen LogP contribution is -2.33. The Morgan fingerprint density at radius 2 is 1.82 bits per heavy atom. The summed E-state index contributed by atoms with van der Waals surface area (Å²) in [5.74, 6) is -0.284. The molecule has 6 heteroatoms. The molecule has 0 unspecified atom stereocenters. The van der Waals surface area contributed by atoms with Crippen LogP contribution in [0.25, 0.3) is 22.0 Å². The van der Waals surface area contributed by atoms with E-state index < -0.39 is 0 Å². The van der Waals surface area contributed by atoms with Crippen molar-refractivity contribution in [3.8, 4) is 11.3 Å². The Bertz CT molecular complexity index is 1180. The van der Waals surface area contributed by atoms with Crippen molar-refractivity contribution >= 4 is 16.7 Å². The first-order valence-electron chi connectivity index (χ1n) is 8.92. The van der Waals surface area contributed by atoms with Crippen LogP contribution >= 0.6 is 0 Å². The summed E-state index contributed by atoms with van der Waals surface area (Å²) in [5, 5.41) is 9.34. The van der Waals surface area contributed by atoms with Crippen molar-refractivity contribution in [1.29, 1.82) is 0 Å². The number of rotatable bonds is 5. The zero-order valence-corrected chi connectivity index (χ0v) is 15.1. The zero-order chi connectivity index (χ0) is 19.3. The Morgan fingerprint density at radius 1 is 0.964 bits per heavy atom. The van der Waals surface area contributed by atoms with E-state index in [1.54, 1.807) is 24.5 Å². The summed E-state index contributed by atoms with van der Waals surface area (Å²) >= 11 is 0. The smallest absolute Gasteiger partial charge is 0.267 e. The Hall–Kier alpha value is -3.80. The van der Waals surface area contributed by atoms with Crippen LogP contribution in [0.1, 0.15) is 5.56 Å². The fourth-order valence-corrected chi connectivity index (χ4v) is 3.05. The minimum absolute atomic E-state index is 0.141. The minimum Gasteiger partial charge on any atom is -0.350 e. The number of aromatic nitrogens is 3. The van der Waals surface area contributed by atoms with E-state index in [2.05, 4.69) is 15.4 Å². The molecular formula is C22H18N4O2. The molecule has 28 heavy (non-hydrogen) atoms. The molecule has 2 aromatic carbocycles. The topological polar surface area (TPSA) is 76.9 Å². The van der Waals surface area contributed by atoms with Crippen molar-refractivity contribution < 1.29 is 4.79 Å². The number of nitrogens with zero attached hydrogens (tertiary/aromatic N) is 3. The Kier molecular flexibility index (Phi) is 4.93. The number of benzene rings is 2. The standard InChI is InChI=1S/C22H18N4O2/c27-21(24-14-16-5-4-12-23-13-16)15-26-22(28)11-10-20(25-26)19-9-3-7-17-6-1-2-8-18(17)19/h1-13H,14-15H2,(H,24,27). The van der Waals surface area contributed by atoms with Crippen molar-refractivity contribution in [2.45, 2.75) is 13.1 Å². The Labute approximate surface area is 161 Å². The highest BCUT2D eigenvalue weighted by Crippen LogP contribution is 2.26. The van der Waals surface area contributed by atoms with Crippen LogP contribution in [0.3, 0.4) is 0 Å². The molecule has 0 saturated carbocycles. The highest BCUT2D eigenvalue weighted by molar-refractivity contribution is 5.95. The quantitative estimate of drug-likeness (QED) is 0.586. The van der Waals surface area contributed by atoms with Crippen molar-refractivity contribution in [2.24, 2.45) is 0 Å². The zero-order valence-electron chi connectivity index (χ0n) is 15.1.